The first kappa shape index (κ1) is 20.6. The van der Waals surface area contributed by atoms with Gasteiger partial charge in [0.25, 0.3) is 5.91 Å². The van der Waals surface area contributed by atoms with Crippen molar-refractivity contribution in [3.8, 4) is 0 Å². The van der Waals surface area contributed by atoms with E-state index in [0.717, 1.165) is 11.3 Å². The first-order valence-electron chi connectivity index (χ1n) is 8.12. The molecule has 0 atom stereocenters. The number of aromatic amines is 1. The second-order valence-electron chi connectivity index (χ2n) is 6.21. The van der Waals surface area contributed by atoms with Gasteiger partial charge in [-0.25, -0.2) is 9.78 Å². The lowest BCUT2D eigenvalue weighted by atomic mass is 10.0. The van der Waals surface area contributed by atoms with Crippen molar-refractivity contribution in [3.63, 3.8) is 0 Å². The molecule has 0 aliphatic carbocycles. The lowest BCUT2D eigenvalue weighted by Gasteiger charge is -2.36. The zero-order valence-electron chi connectivity index (χ0n) is 14.5. The summed E-state index contributed by atoms with van der Waals surface area (Å²) in [6, 6.07) is -0.180. The average Bonchev–Trinajstić information content (AvgIpc) is 3.27. The number of halogens is 4. The van der Waals surface area contributed by atoms with Gasteiger partial charge in [0.05, 0.1) is 10.7 Å². The van der Waals surface area contributed by atoms with E-state index in [-0.39, 0.29) is 16.6 Å². The van der Waals surface area contributed by atoms with Crippen LogP contribution in [0.2, 0.25) is 0 Å². The Hall–Kier alpha value is -2.15. The smallest absolute Gasteiger partial charge is 0.433 e. The monoisotopic (exact) mass is 481 g/mol. The molecule has 2 aromatic rings. The summed E-state index contributed by atoms with van der Waals surface area (Å²) < 4.78 is 38.2. The van der Waals surface area contributed by atoms with Crippen LogP contribution in [0.3, 0.4) is 0 Å². The molecule has 0 radical (unpaired) electrons. The number of hydrogen-bond acceptors (Lipinski definition) is 6. The van der Waals surface area contributed by atoms with Crippen LogP contribution < -0.4 is 4.90 Å². The first-order chi connectivity index (χ1) is 13.1. The van der Waals surface area contributed by atoms with E-state index in [9.17, 15) is 22.8 Å². The Morgan fingerprint density at radius 3 is 2.54 bits per heavy atom. The maximum atomic E-state index is 12.9. The van der Waals surface area contributed by atoms with Crippen LogP contribution in [0, 0.1) is 0 Å². The minimum Gasteiger partial charge on any atom is -0.477 e. The quantitative estimate of drug-likeness (QED) is 0.695. The summed E-state index contributed by atoms with van der Waals surface area (Å²) in [7, 11) is 1.53. The van der Waals surface area contributed by atoms with E-state index in [1.807, 2.05) is 10.00 Å². The molecule has 1 saturated heterocycles. The minimum atomic E-state index is -4.64. The Morgan fingerprint density at radius 2 is 2.04 bits per heavy atom. The van der Waals surface area contributed by atoms with Crippen LogP contribution in [0.5, 0.6) is 0 Å². The van der Waals surface area contributed by atoms with Crippen LogP contribution in [0.4, 0.5) is 18.3 Å². The van der Waals surface area contributed by atoms with Crippen molar-refractivity contribution in [3.05, 3.63) is 26.9 Å². The number of aromatic carboxylic acids is 1. The molecule has 0 spiro atoms. The number of amides is 1. The largest absolute Gasteiger partial charge is 0.477 e. The van der Waals surface area contributed by atoms with Gasteiger partial charge in [0.15, 0.2) is 16.5 Å². The van der Waals surface area contributed by atoms with Gasteiger partial charge in [-0.3, -0.25) is 9.89 Å². The topological polar surface area (TPSA) is 102 Å². The normalized spacial score (nSPS) is 15.7. The molecular weight excluding hydrogens is 467 g/mol. The summed E-state index contributed by atoms with van der Waals surface area (Å²) in [5.41, 5.74) is -1.42. The van der Waals surface area contributed by atoms with Crippen molar-refractivity contribution in [2.75, 3.05) is 25.0 Å². The predicted molar refractivity (Wildman–Crippen MR) is 97.7 cm³/mol. The molecule has 3 rings (SSSR count). The highest BCUT2D eigenvalue weighted by Crippen LogP contribution is 2.35. The van der Waals surface area contributed by atoms with E-state index in [2.05, 4.69) is 26.0 Å². The number of nitrogens with one attached hydrogen (secondary N) is 1. The number of nitrogens with zero attached hydrogens (tertiary/aromatic N) is 4. The van der Waals surface area contributed by atoms with Gasteiger partial charge < -0.3 is 14.9 Å². The van der Waals surface area contributed by atoms with E-state index >= 15 is 0 Å². The first-order valence-corrected chi connectivity index (χ1v) is 9.72. The zero-order chi connectivity index (χ0) is 20.6. The third kappa shape index (κ3) is 3.99. The van der Waals surface area contributed by atoms with Gasteiger partial charge in [-0.2, -0.15) is 18.3 Å². The summed E-state index contributed by atoms with van der Waals surface area (Å²) in [6.07, 6.45) is -2.20. The van der Waals surface area contributed by atoms with Crippen LogP contribution in [-0.2, 0) is 6.18 Å². The molecule has 1 fully saturated rings. The summed E-state index contributed by atoms with van der Waals surface area (Å²) in [5.74, 6) is -1.65. The van der Waals surface area contributed by atoms with Crippen LogP contribution in [0.1, 0.15) is 38.7 Å². The van der Waals surface area contributed by atoms with E-state index in [4.69, 9.17) is 5.11 Å². The molecule has 28 heavy (non-hydrogen) atoms. The Labute approximate surface area is 169 Å². The average molecular weight is 482 g/mol. The Morgan fingerprint density at radius 1 is 1.39 bits per heavy atom. The second-order valence-corrected chi connectivity index (χ2v) is 8.01. The lowest BCUT2D eigenvalue weighted by Crippen LogP contribution is -2.45. The van der Waals surface area contributed by atoms with Gasteiger partial charge in [0, 0.05) is 26.2 Å². The van der Waals surface area contributed by atoms with Crippen molar-refractivity contribution in [2.24, 2.45) is 0 Å². The number of hydrogen-bond donors (Lipinski definition) is 2. The Bertz CT molecular complexity index is 892. The van der Waals surface area contributed by atoms with Gasteiger partial charge in [0.2, 0.25) is 0 Å². The number of piperidine rings is 1. The molecule has 0 aromatic carbocycles. The number of aromatic nitrogens is 3. The van der Waals surface area contributed by atoms with Crippen molar-refractivity contribution in [1.82, 2.24) is 20.1 Å². The molecule has 0 unspecified atom stereocenters. The molecular formula is C15H15BrF3N5O3S. The summed E-state index contributed by atoms with van der Waals surface area (Å²) in [4.78, 5) is 31.1. The number of alkyl halides is 3. The van der Waals surface area contributed by atoms with Crippen LogP contribution in [-0.4, -0.2) is 63.2 Å². The van der Waals surface area contributed by atoms with Gasteiger partial charge in [0.1, 0.15) is 4.88 Å². The highest BCUT2D eigenvalue weighted by Gasteiger charge is 2.39. The summed E-state index contributed by atoms with van der Waals surface area (Å²) in [5, 5.41) is 15.0. The molecule has 3 heterocycles. The van der Waals surface area contributed by atoms with Crippen molar-refractivity contribution < 1.29 is 27.9 Å². The molecule has 8 nitrogen and oxygen atoms in total. The molecule has 2 N–H and O–H groups in total. The fourth-order valence-electron chi connectivity index (χ4n) is 2.95. The Kier molecular flexibility index (Phi) is 5.66. The number of thiazole rings is 1. The number of carboxylic acids is 1. The maximum absolute atomic E-state index is 12.9. The second kappa shape index (κ2) is 7.70. The molecule has 1 aliphatic heterocycles. The molecule has 152 valence electrons. The number of anilines is 1. The lowest BCUT2D eigenvalue weighted by molar-refractivity contribution is -0.141. The predicted octanol–water partition coefficient (Wildman–Crippen LogP) is 3.09. The standard InChI is InChI=1S/C15H15BrF3N5O3S/c1-23(12(25)10-9(16)11(22-21-10)15(17,18)19)7-2-4-24(5-3-7)14-20-6-8(28-14)13(26)27/h6-7H,2-5H2,1H3,(H,21,22)(H,26,27). The third-order valence-electron chi connectivity index (χ3n) is 4.50. The Balaban J connectivity index is 1.65. The highest BCUT2D eigenvalue weighted by molar-refractivity contribution is 9.10. The van der Waals surface area contributed by atoms with Crippen LogP contribution in [0.25, 0.3) is 0 Å². The molecule has 1 amide bonds. The molecule has 0 bridgehead atoms. The van der Waals surface area contributed by atoms with E-state index < -0.39 is 28.2 Å². The fraction of sp³-hybridized carbons (Fsp3) is 0.467. The summed E-state index contributed by atoms with van der Waals surface area (Å²) >= 11 is 3.88. The van der Waals surface area contributed by atoms with Crippen molar-refractivity contribution >= 4 is 44.3 Å². The van der Waals surface area contributed by atoms with Crippen LogP contribution >= 0.6 is 27.3 Å². The maximum Gasteiger partial charge on any atom is 0.433 e. The number of H-pyrrole nitrogens is 1. The molecule has 1 aliphatic rings. The van der Waals surface area contributed by atoms with E-state index in [1.165, 1.54) is 18.1 Å². The van der Waals surface area contributed by atoms with Crippen molar-refractivity contribution in [1.29, 1.82) is 0 Å². The van der Waals surface area contributed by atoms with E-state index in [0.29, 0.717) is 31.1 Å². The van der Waals surface area contributed by atoms with Gasteiger partial charge in [-0.05, 0) is 28.8 Å². The molecule has 13 heteroatoms. The van der Waals surface area contributed by atoms with Gasteiger partial charge in [-0.1, -0.05) is 11.3 Å². The number of rotatable bonds is 4. The van der Waals surface area contributed by atoms with E-state index in [1.54, 1.807) is 0 Å². The highest BCUT2D eigenvalue weighted by atomic mass is 79.9. The SMILES string of the molecule is CN(C(=O)c1n[nH]c(C(F)(F)F)c1Br)C1CCN(c2ncc(C(=O)O)s2)CC1. The number of carboxylic acid groups (broad SMARTS) is 1. The van der Waals surface area contributed by atoms with Gasteiger partial charge in [-0.15, -0.1) is 0 Å². The summed E-state index contributed by atoms with van der Waals surface area (Å²) in [6.45, 7) is 1.09. The van der Waals surface area contributed by atoms with Gasteiger partial charge >= 0.3 is 12.1 Å². The molecule has 2 aromatic heterocycles. The number of carbonyl (C=O) groups excluding carboxylic acids is 1. The minimum absolute atomic E-state index is 0.147. The number of carbonyl (C=O) groups is 2. The molecule has 0 saturated carbocycles. The van der Waals surface area contributed by atoms with Crippen molar-refractivity contribution in [2.45, 2.75) is 25.1 Å². The third-order valence-corrected chi connectivity index (χ3v) is 6.32. The fourth-order valence-corrected chi connectivity index (χ4v) is 4.32. The van der Waals surface area contributed by atoms with Crippen LogP contribution in [0.15, 0.2) is 10.7 Å². The zero-order valence-corrected chi connectivity index (χ0v) is 16.9.